The van der Waals surface area contributed by atoms with Gasteiger partial charge in [0.25, 0.3) is 6.33 Å². The summed E-state index contributed by atoms with van der Waals surface area (Å²) < 4.78 is 16.1. The van der Waals surface area contributed by atoms with Crippen molar-refractivity contribution in [3.63, 3.8) is 0 Å². The number of pyridine rings is 1. The van der Waals surface area contributed by atoms with Gasteiger partial charge in [0.15, 0.2) is 0 Å². The predicted molar refractivity (Wildman–Crippen MR) is 285 cm³/mol. The Hall–Kier alpha value is -9.00. The monoisotopic (exact) mass is 899 g/mol. The predicted octanol–water partition coefficient (Wildman–Crippen LogP) is 15.7. The van der Waals surface area contributed by atoms with E-state index in [2.05, 4.69) is 252 Å². The molecule has 0 spiro atoms. The van der Waals surface area contributed by atoms with Gasteiger partial charge in [-0.05, 0) is 111 Å². The van der Waals surface area contributed by atoms with Gasteiger partial charge < -0.3 is 9.30 Å². The van der Waals surface area contributed by atoms with Gasteiger partial charge in [-0.3, -0.25) is 13.7 Å². The summed E-state index contributed by atoms with van der Waals surface area (Å²) in [7, 11) is 0. The van der Waals surface area contributed by atoms with Gasteiger partial charge in [0.2, 0.25) is 0 Å². The van der Waals surface area contributed by atoms with Crippen LogP contribution in [0.3, 0.4) is 0 Å². The first-order chi connectivity index (χ1) is 34.4. The van der Waals surface area contributed by atoms with E-state index in [0.717, 1.165) is 95.1 Å². The molecule has 0 saturated carbocycles. The fraction of sp³-hybridized carbons (Fsp3) is 0.0625. The topological polar surface area (TPSA) is 40.8 Å². The van der Waals surface area contributed by atoms with Crippen molar-refractivity contribution in [1.29, 1.82) is 0 Å². The van der Waals surface area contributed by atoms with Crippen LogP contribution in [0.1, 0.15) is 26.3 Å². The molecule has 0 bridgehead atoms. The van der Waals surface area contributed by atoms with Crippen LogP contribution in [0, 0.1) is 6.33 Å². The van der Waals surface area contributed by atoms with Crippen molar-refractivity contribution in [2.75, 3.05) is 0 Å². The number of ether oxygens (including phenoxy) is 1. The lowest BCUT2D eigenvalue weighted by Gasteiger charge is -2.20. The Bertz CT molecular complexity index is 4220. The van der Waals surface area contributed by atoms with E-state index in [0.29, 0.717) is 0 Å². The van der Waals surface area contributed by atoms with Gasteiger partial charge in [-0.15, -0.1) is 0 Å². The zero-order valence-electron chi connectivity index (χ0n) is 38.9. The first kappa shape index (κ1) is 40.1. The molecule has 0 amide bonds. The number of fused-ring (bicyclic) bond motifs is 13. The molecule has 0 saturated heterocycles. The van der Waals surface area contributed by atoms with Crippen molar-refractivity contribution in [3.05, 3.63) is 230 Å². The van der Waals surface area contributed by atoms with E-state index in [4.69, 9.17) is 9.72 Å². The lowest BCUT2D eigenvalue weighted by atomic mass is 9.88. The van der Waals surface area contributed by atoms with E-state index in [1.54, 1.807) is 0 Å². The summed E-state index contributed by atoms with van der Waals surface area (Å²) >= 11 is 0. The summed E-state index contributed by atoms with van der Waals surface area (Å²) in [5.41, 5.74) is 17.7. The maximum atomic E-state index is 6.87. The van der Waals surface area contributed by atoms with Crippen LogP contribution in [-0.4, -0.2) is 18.7 Å². The summed E-state index contributed by atoms with van der Waals surface area (Å²) in [6.07, 6.45) is 5.91. The van der Waals surface area contributed by atoms with Crippen molar-refractivity contribution in [1.82, 2.24) is 18.7 Å². The summed E-state index contributed by atoms with van der Waals surface area (Å²) in [5.74, 6) is 2.34. The van der Waals surface area contributed by atoms with Gasteiger partial charge in [-0.2, -0.15) is 0 Å². The molecule has 0 radical (unpaired) electrons. The zero-order valence-corrected chi connectivity index (χ0v) is 38.9. The van der Waals surface area contributed by atoms with Crippen molar-refractivity contribution in [2.24, 2.45) is 0 Å². The second-order valence-electron chi connectivity index (χ2n) is 19.4. The van der Waals surface area contributed by atoms with E-state index >= 15 is 0 Å². The second kappa shape index (κ2) is 15.3. The van der Waals surface area contributed by atoms with Gasteiger partial charge in [-0.25, -0.2) is 4.98 Å². The van der Waals surface area contributed by atoms with Crippen LogP contribution in [-0.2, 0) is 5.41 Å². The SMILES string of the molecule is CC(C)(C)c1ccnc(-n2c3ccccc3c3ccc(Oc4cccc(-n5[c-][n+]6c7c(cccc75)-c5ccccc5-c5ccccc5-c5cccc(-n7c8ccccc8c8ccccc87)c5-6)c4)cc32)c1. The second-order valence-corrected chi connectivity index (χ2v) is 19.4. The Morgan fingerprint density at radius 3 is 1.66 bits per heavy atom. The fourth-order valence-corrected chi connectivity index (χ4v) is 11.1. The van der Waals surface area contributed by atoms with Gasteiger partial charge in [0.1, 0.15) is 17.3 Å². The maximum absolute atomic E-state index is 6.87. The summed E-state index contributed by atoms with van der Waals surface area (Å²) in [6.45, 7) is 6.72. The lowest BCUT2D eigenvalue weighted by molar-refractivity contribution is -0.571. The van der Waals surface area contributed by atoms with Crippen LogP contribution in [0.15, 0.2) is 219 Å². The molecule has 0 N–H and O–H groups in total. The standard InChI is InChI=1S/C64H45N5O/c1-64(2,3)41-35-36-65-61(37-41)69-57-30-13-10-25-51(57)52-34-33-44(39-60(52)69)70-43-18-14-17-42(38-43)66-40-67-62-53(26-15-31-58(62)66)47-21-6-4-19-45(47)46-20-5-7-22-48(46)54-27-16-32-59(63(54)67)68-55-28-11-8-23-49(55)50-24-9-12-29-56(50)68/h4-39H,1-3H3. The van der Waals surface area contributed by atoms with Crippen LogP contribution in [0.25, 0.3) is 111 Å². The third kappa shape index (κ3) is 6.06. The summed E-state index contributed by atoms with van der Waals surface area (Å²) in [4.78, 5) is 4.91. The van der Waals surface area contributed by atoms with E-state index in [-0.39, 0.29) is 5.41 Å². The molecule has 9 aromatic carbocycles. The Labute approximate surface area is 405 Å². The number of rotatable bonds is 5. The van der Waals surface area contributed by atoms with Crippen LogP contribution in [0.5, 0.6) is 11.5 Å². The highest BCUT2D eigenvalue weighted by molar-refractivity contribution is 6.11. The van der Waals surface area contributed by atoms with Crippen LogP contribution in [0.4, 0.5) is 0 Å². The number of hydrogen-bond acceptors (Lipinski definition) is 2. The number of aromatic nitrogens is 5. The van der Waals surface area contributed by atoms with E-state index in [9.17, 15) is 0 Å². The van der Waals surface area contributed by atoms with E-state index in [1.807, 2.05) is 12.3 Å². The highest BCUT2D eigenvalue weighted by atomic mass is 16.5. The Morgan fingerprint density at radius 1 is 0.443 bits per heavy atom. The minimum Gasteiger partial charge on any atom is -0.458 e. The minimum absolute atomic E-state index is 0.0253. The Kier molecular flexibility index (Phi) is 8.74. The molecular formula is C64H45N5O. The molecule has 0 unspecified atom stereocenters. The number of benzene rings is 9. The van der Waals surface area contributed by atoms with Gasteiger partial charge in [-0.1, -0.05) is 160 Å². The van der Waals surface area contributed by atoms with Crippen LogP contribution >= 0.6 is 0 Å². The first-order valence-corrected chi connectivity index (χ1v) is 24.0. The highest BCUT2D eigenvalue weighted by Gasteiger charge is 2.28. The van der Waals surface area contributed by atoms with Crippen molar-refractivity contribution in [3.8, 4) is 67.8 Å². The lowest BCUT2D eigenvalue weighted by Crippen LogP contribution is -2.32. The quantitative estimate of drug-likeness (QED) is 0.128. The number of para-hydroxylation sites is 5. The molecule has 1 aliphatic rings. The Morgan fingerprint density at radius 2 is 0.971 bits per heavy atom. The highest BCUT2D eigenvalue weighted by Crippen LogP contribution is 2.45. The smallest absolute Gasteiger partial charge is 0.269 e. The summed E-state index contributed by atoms with van der Waals surface area (Å²) in [5, 5.41) is 4.75. The van der Waals surface area contributed by atoms with Gasteiger partial charge in [0.05, 0.1) is 50.2 Å². The molecule has 0 aliphatic carbocycles. The minimum atomic E-state index is -0.0253. The van der Waals surface area contributed by atoms with Crippen LogP contribution < -0.4 is 9.30 Å². The molecule has 0 fully saturated rings. The largest absolute Gasteiger partial charge is 0.458 e. The molecule has 5 heterocycles. The van der Waals surface area contributed by atoms with Crippen molar-refractivity contribution >= 4 is 54.6 Å². The average Bonchev–Trinajstić information content (AvgIpc) is 4.07. The third-order valence-electron chi connectivity index (χ3n) is 14.3. The molecule has 0 atom stereocenters. The van der Waals surface area contributed by atoms with Gasteiger partial charge in [0, 0.05) is 33.8 Å². The normalized spacial score (nSPS) is 12.2. The van der Waals surface area contributed by atoms with Crippen molar-refractivity contribution in [2.45, 2.75) is 26.2 Å². The number of imidazole rings is 1. The molecule has 13 aromatic rings. The number of hydrogen-bond donors (Lipinski definition) is 0. The van der Waals surface area contributed by atoms with Gasteiger partial charge >= 0.3 is 0 Å². The molecular weight excluding hydrogens is 855 g/mol. The fourth-order valence-electron chi connectivity index (χ4n) is 11.1. The van der Waals surface area contributed by atoms with E-state index < -0.39 is 0 Å². The van der Waals surface area contributed by atoms with E-state index in [1.165, 1.54) is 32.8 Å². The summed E-state index contributed by atoms with van der Waals surface area (Å²) in [6, 6.07) is 76.2. The van der Waals surface area contributed by atoms with Crippen LogP contribution in [0.2, 0.25) is 0 Å². The molecule has 6 heteroatoms. The maximum Gasteiger partial charge on any atom is 0.269 e. The molecule has 332 valence electrons. The number of nitrogens with zero attached hydrogens (tertiary/aromatic N) is 5. The molecule has 6 nitrogen and oxygen atoms in total. The zero-order chi connectivity index (χ0) is 46.7. The molecule has 4 aromatic heterocycles. The van der Waals surface area contributed by atoms with Crippen molar-refractivity contribution < 1.29 is 9.30 Å². The Balaban J connectivity index is 0.977. The average molecular weight is 900 g/mol. The molecule has 1 aliphatic heterocycles. The first-order valence-electron chi connectivity index (χ1n) is 24.0. The third-order valence-corrected chi connectivity index (χ3v) is 14.3. The molecule has 70 heavy (non-hydrogen) atoms. The molecule has 14 rings (SSSR count).